The zero-order chi connectivity index (χ0) is 27.6. The molecule has 1 saturated carbocycles. The molecule has 12 heteroatoms. The molecule has 6 rings (SSSR count). The van der Waals surface area contributed by atoms with E-state index in [-0.39, 0.29) is 53.3 Å². The number of urea groups is 1. The number of ether oxygens (including phenoxy) is 1. The van der Waals surface area contributed by atoms with E-state index >= 15 is 0 Å². The van der Waals surface area contributed by atoms with Crippen LogP contribution in [0.25, 0.3) is 0 Å². The zero-order valence-corrected chi connectivity index (χ0v) is 22.7. The van der Waals surface area contributed by atoms with Crippen LogP contribution in [0.2, 0.25) is 0 Å². The summed E-state index contributed by atoms with van der Waals surface area (Å²) in [6, 6.07) is 8.63. The lowest BCUT2D eigenvalue weighted by Gasteiger charge is -2.45. The summed E-state index contributed by atoms with van der Waals surface area (Å²) in [5, 5.41) is 12.6. The van der Waals surface area contributed by atoms with Crippen LogP contribution < -0.4 is 30.9 Å². The number of piperidine rings is 1. The van der Waals surface area contributed by atoms with E-state index in [0.29, 0.717) is 35.0 Å². The second-order valence-electron chi connectivity index (χ2n) is 10.2. The Morgan fingerprint density at radius 2 is 1.80 bits per heavy atom. The quantitative estimate of drug-likeness (QED) is 0.379. The molecule has 11 nitrogen and oxygen atoms in total. The Kier molecular flexibility index (Phi) is 7.44. The van der Waals surface area contributed by atoms with Crippen molar-refractivity contribution in [2.75, 3.05) is 11.4 Å². The van der Waals surface area contributed by atoms with Crippen LogP contribution >= 0.6 is 11.8 Å². The monoisotopic (exact) mass is 561 g/mol. The van der Waals surface area contributed by atoms with Crippen LogP contribution in [0.5, 0.6) is 11.8 Å². The summed E-state index contributed by atoms with van der Waals surface area (Å²) in [6.45, 7) is 4.24. The highest BCUT2D eigenvalue weighted by molar-refractivity contribution is 8.04. The van der Waals surface area contributed by atoms with Gasteiger partial charge in [-0.05, 0) is 44.0 Å². The molecule has 4 N–H and O–H groups in total. The van der Waals surface area contributed by atoms with Crippen molar-refractivity contribution in [3.63, 3.8) is 0 Å². The third kappa shape index (κ3) is 5.16. The number of thioether (sulfide) groups is 1. The van der Waals surface area contributed by atoms with Gasteiger partial charge in [-0.3, -0.25) is 14.5 Å². The molecule has 3 fully saturated rings. The van der Waals surface area contributed by atoms with Gasteiger partial charge in [-0.15, -0.1) is 0 Å². The number of nitrogens with zero attached hydrogens (tertiary/aromatic N) is 3. The maximum atomic E-state index is 13.6. The van der Waals surface area contributed by atoms with Crippen LogP contribution in [0, 0.1) is 5.92 Å². The molecule has 1 aromatic heterocycles. The molecule has 1 aliphatic carbocycles. The molecular formula is C28H31N7O4S. The molecule has 3 aliphatic heterocycles. The van der Waals surface area contributed by atoms with Crippen molar-refractivity contribution in [1.29, 1.82) is 0 Å². The van der Waals surface area contributed by atoms with Crippen molar-refractivity contribution in [3.05, 3.63) is 66.0 Å². The number of anilines is 1. The number of carbonyl (C=O) groups excluding carboxylic acids is 3. The maximum Gasteiger partial charge on any atom is 0.326 e. The third-order valence-corrected chi connectivity index (χ3v) is 9.14. The van der Waals surface area contributed by atoms with Crippen molar-refractivity contribution in [2.24, 2.45) is 5.92 Å². The van der Waals surface area contributed by atoms with E-state index in [4.69, 9.17) is 4.74 Å². The van der Waals surface area contributed by atoms with Crippen molar-refractivity contribution in [1.82, 2.24) is 31.2 Å². The van der Waals surface area contributed by atoms with E-state index in [1.165, 1.54) is 17.8 Å². The highest BCUT2D eigenvalue weighted by atomic mass is 32.2. The predicted molar refractivity (Wildman–Crippen MR) is 150 cm³/mol. The lowest BCUT2D eigenvalue weighted by atomic mass is 9.86. The molecule has 0 bridgehead atoms. The Morgan fingerprint density at radius 3 is 2.52 bits per heavy atom. The molecule has 5 atom stereocenters. The van der Waals surface area contributed by atoms with Crippen molar-refractivity contribution < 1.29 is 19.1 Å². The van der Waals surface area contributed by atoms with E-state index in [1.807, 2.05) is 30.3 Å². The predicted octanol–water partition coefficient (Wildman–Crippen LogP) is 2.79. The molecule has 3 unspecified atom stereocenters. The van der Waals surface area contributed by atoms with Gasteiger partial charge < -0.3 is 26.0 Å². The molecule has 2 aromatic rings. The number of hydrogen-bond donors (Lipinski definition) is 4. The van der Waals surface area contributed by atoms with Gasteiger partial charge >= 0.3 is 12.0 Å². The fourth-order valence-corrected chi connectivity index (χ4v) is 7.35. The standard InChI is InChI=1S/C28H31N7O4S/c1-2-21(36)32-18-10-6-7-11-19(18)33-25(37)24-23-22-20(12-13-29-26(22)40-24)35(28(38)34-23)16-14-30-27(31-15-16)39-17-8-4-3-5-9-17/h2-5,8-9,14-15,18-20,22,26,29H,1,6-7,10-13H2,(H,32,36)(H,33,37)(H,34,38)/t18-,19-,20?,22?,26?/m1/s1. The number of rotatable bonds is 7. The Balaban J connectivity index is 1.20. The molecule has 0 radical (unpaired) electrons. The SMILES string of the molecule is C=CC(=O)N[C@@H]1CCCC[C@H]1NC(=O)C1=C2NC(=O)N(c3cnc(Oc4ccccc4)nc3)C3CCNC(S1)C23. The van der Waals surface area contributed by atoms with Gasteiger partial charge in [0.05, 0.1) is 34.4 Å². The molecular weight excluding hydrogens is 530 g/mol. The fourth-order valence-electron chi connectivity index (χ4n) is 5.96. The van der Waals surface area contributed by atoms with E-state index in [9.17, 15) is 14.4 Å². The fraction of sp³-hybridized carbons (Fsp3) is 0.393. The third-order valence-electron chi connectivity index (χ3n) is 7.79. The second kappa shape index (κ2) is 11.3. The van der Waals surface area contributed by atoms with Crippen LogP contribution in [0.1, 0.15) is 32.1 Å². The highest BCUT2D eigenvalue weighted by Gasteiger charge is 2.52. The average molecular weight is 562 g/mol. The van der Waals surface area contributed by atoms with Gasteiger partial charge in [-0.25, -0.2) is 14.8 Å². The van der Waals surface area contributed by atoms with E-state index in [2.05, 4.69) is 37.8 Å². The molecule has 0 spiro atoms. The number of aromatic nitrogens is 2. The molecule has 4 aliphatic rings. The lowest BCUT2D eigenvalue weighted by molar-refractivity contribution is -0.120. The maximum absolute atomic E-state index is 13.6. The summed E-state index contributed by atoms with van der Waals surface area (Å²) in [4.78, 5) is 49.8. The summed E-state index contributed by atoms with van der Waals surface area (Å²) in [6.07, 6.45) is 8.68. The van der Waals surface area contributed by atoms with Crippen LogP contribution in [-0.4, -0.2) is 57.9 Å². The Bertz CT molecular complexity index is 1340. The van der Waals surface area contributed by atoms with Crippen LogP contribution in [0.4, 0.5) is 10.5 Å². The minimum absolute atomic E-state index is 0.0539. The van der Waals surface area contributed by atoms with E-state index < -0.39 is 0 Å². The normalized spacial score (nSPS) is 27.4. The number of amides is 4. The molecule has 4 heterocycles. The first-order valence-corrected chi connectivity index (χ1v) is 14.4. The first-order valence-electron chi connectivity index (χ1n) is 13.5. The van der Waals surface area contributed by atoms with Gasteiger partial charge in [0.15, 0.2) is 0 Å². The van der Waals surface area contributed by atoms with Gasteiger partial charge in [0.1, 0.15) is 5.75 Å². The van der Waals surface area contributed by atoms with Gasteiger partial charge in [-0.2, -0.15) is 0 Å². The topological polar surface area (TPSA) is 138 Å². The smallest absolute Gasteiger partial charge is 0.326 e. The summed E-state index contributed by atoms with van der Waals surface area (Å²) in [5.74, 6) is 0.0578. The van der Waals surface area contributed by atoms with Gasteiger partial charge in [0.25, 0.3) is 5.91 Å². The number of nitrogens with one attached hydrogen (secondary N) is 4. The summed E-state index contributed by atoms with van der Waals surface area (Å²) in [5.41, 5.74) is 1.21. The lowest BCUT2D eigenvalue weighted by Crippen LogP contribution is -2.62. The summed E-state index contributed by atoms with van der Waals surface area (Å²) >= 11 is 1.45. The zero-order valence-electron chi connectivity index (χ0n) is 21.8. The Labute approximate surface area is 236 Å². The average Bonchev–Trinajstić information content (AvgIpc) is 3.35. The van der Waals surface area contributed by atoms with Crippen LogP contribution in [-0.2, 0) is 9.59 Å². The van der Waals surface area contributed by atoms with Crippen molar-refractivity contribution in [3.8, 4) is 11.8 Å². The largest absolute Gasteiger partial charge is 0.424 e. The van der Waals surface area contributed by atoms with E-state index in [1.54, 1.807) is 17.3 Å². The van der Waals surface area contributed by atoms with Crippen molar-refractivity contribution >= 4 is 35.3 Å². The van der Waals surface area contributed by atoms with Crippen LogP contribution in [0.3, 0.4) is 0 Å². The molecule has 2 saturated heterocycles. The van der Waals surface area contributed by atoms with Crippen LogP contribution in [0.15, 0.2) is 66.0 Å². The highest BCUT2D eigenvalue weighted by Crippen LogP contribution is 2.48. The minimum atomic E-state index is -0.321. The van der Waals surface area contributed by atoms with Gasteiger partial charge in [-0.1, -0.05) is 49.4 Å². The number of para-hydroxylation sites is 1. The first kappa shape index (κ1) is 26.3. The number of benzene rings is 1. The summed E-state index contributed by atoms with van der Waals surface area (Å²) < 4.78 is 5.70. The first-order chi connectivity index (χ1) is 19.5. The second-order valence-corrected chi connectivity index (χ2v) is 11.4. The molecule has 208 valence electrons. The Hall–Kier alpha value is -3.90. The number of carbonyl (C=O) groups is 3. The summed E-state index contributed by atoms with van der Waals surface area (Å²) in [7, 11) is 0. The molecule has 1 aromatic carbocycles. The minimum Gasteiger partial charge on any atom is -0.424 e. The molecule has 4 amide bonds. The van der Waals surface area contributed by atoms with Gasteiger partial charge in [0, 0.05) is 23.7 Å². The van der Waals surface area contributed by atoms with E-state index in [0.717, 1.165) is 25.7 Å². The number of hydrogen-bond acceptors (Lipinski definition) is 8. The van der Waals surface area contributed by atoms with Gasteiger partial charge in [0.2, 0.25) is 5.91 Å². The molecule has 40 heavy (non-hydrogen) atoms. The Morgan fingerprint density at radius 1 is 1.07 bits per heavy atom. The van der Waals surface area contributed by atoms with Crippen molar-refractivity contribution in [2.45, 2.75) is 55.6 Å².